The van der Waals surface area contributed by atoms with Gasteiger partial charge in [-0.1, -0.05) is 133 Å². The molecule has 9 aromatic carbocycles. The molecule has 2 heterocycles. The van der Waals surface area contributed by atoms with Gasteiger partial charge in [0.05, 0.1) is 21.8 Å². The Morgan fingerprint density at radius 3 is 1.86 bits per heavy atom. The average molecular weight is 735 g/mol. The summed E-state index contributed by atoms with van der Waals surface area (Å²) < 4.78 is 8.77. The Bertz CT molecular complexity index is 3210. The van der Waals surface area contributed by atoms with Gasteiger partial charge < -0.3 is 14.2 Å². The zero-order chi connectivity index (χ0) is 37.0. The van der Waals surface area contributed by atoms with Gasteiger partial charge in [0.15, 0.2) is 0 Å². The molecule has 0 radical (unpaired) electrons. The third kappa shape index (κ3) is 5.34. The van der Waals surface area contributed by atoms with Crippen LogP contribution < -0.4 is 9.80 Å². The van der Waals surface area contributed by atoms with Crippen molar-refractivity contribution in [3.05, 3.63) is 206 Å². The molecule has 0 atom stereocenters. The molecule has 3 nitrogen and oxygen atoms in total. The fourth-order valence-electron chi connectivity index (χ4n) is 8.30. The van der Waals surface area contributed by atoms with Crippen molar-refractivity contribution in [2.75, 3.05) is 9.80 Å². The van der Waals surface area contributed by atoms with Gasteiger partial charge >= 0.3 is 0 Å². The van der Waals surface area contributed by atoms with Crippen LogP contribution in [0.3, 0.4) is 0 Å². The Morgan fingerprint density at radius 1 is 0.357 bits per heavy atom. The van der Waals surface area contributed by atoms with Crippen molar-refractivity contribution < 1.29 is 4.42 Å². The topological polar surface area (TPSA) is 19.6 Å². The van der Waals surface area contributed by atoms with E-state index in [1.54, 1.807) is 0 Å². The molecule has 0 bridgehead atoms. The lowest BCUT2D eigenvalue weighted by atomic mass is 10.0. The Morgan fingerprint density at radius 2 is 0.964 bits per heavy atom. The van der Waals surface area contributed by atoms with E-state index in [0.717, 1.165) is 56.1 Å². The van der Waals surface area contributed by atoms with E-state index in [1.807, 2.05) is 23.5 Å². The van der Waals surface area contributed by atoms with E-state index in [0.29, 0.717) is 0 Å². The van der Waals surface area contributed by atoms with Gasteiger partial charge in [0.25, 0.3) is 0 Å². The van der Waals surface area contributed by atoms with Gasteiger partial charge in [-0.3, -0.25) is 0 Å². The minimum atomic E-state index is 0.881. The lowest BCUT2D eigenvalue weighted by Gasteiger charge is -2.28. The first-order valence-corrected chi connectivity index (χ1v) is 19.7. The number of rotatable bonds is 7. The van der Waals surface area contributed by atoms with Crippen molar-refractivity contribution in [2.45, 2.75) is 0 Å². The van der Waals surface area contributed by atoms with Gasteiger partial charge in [-0.2, -0.15) is 0 Å². The second-order valence-corrected chi connectivity index (χ2v) is 15.2. The highest BCUT2D eigenvalue weighted by Crippen LogP contribution is 2.50. The molecule has 0 N–H and O–H groups in total. The van der Waals surface area contributed by atoms with E-state index in [4.69, 9.17) is 4.42 Å². The summed E-state index contributed by atoms with van der Waals surface area (Å²) in [5, 5.41) is 7.08. The molecule has 0 amide bonds. The van der Waals surface area contributed by atoms with Crippen LogP contribution in [0.5, 0.6) is 0 Å². The first kappa shape index (κ1) is 32.3. The molecule has 0 aliphatic rings. The smallest absolute Gasteiger partial charge is 0.135 e. The van der Waals surface area contributed by atoms with E-state index in [1.165, 1.54) is 42.1 Å². The molecule has 11 rings (SSSR count). The number of benzene rings is 9. The zero-order valence-electron chi connectivity index (χ0n) is 30.3. The molecule has 264 valence electrons. The van der Waals surface area contributed by atoms with Gasteiger partial charge in [-0.05, 0) is 89.3 Å². The van der Waals surface area contributed by atoms with Gasteiger partial charge in [-0.15, -0.1) is 11.3 Å². The molecule has 0 aliphatic carbocycles. The molecule has 0 aliphatic heterocycles. The van der Waals surface area contributed by atoms with E-state index >= 15 is 0 Å². The molecule has 0 saturated carbocycles. The number of furan rings is 1. The molecule has 0 saturated heterocycles. The maximum absolute atomic E-state index is 6.30. The van der Waals surface area contributed by atoms with Crippen molar-refractivity contribution in [1.29, 1.82) is 0 Å². The van der Waals surface area contributed by atoms with Gasteiger partial charge in [-0.25, -0.2) is 0 Å². The second kappa shape index (κ2) is 13.3. The van der Waals surface area contributed by atoms with Crippen LogP contribution in [0.1, 0.15) is 0 Å². The zero-order valence-corrected chi connectivity index (χ0v) is 31.2. The molecule has 11 aromatic rings. The predicted molar refractivity (Wildman–Crippen MR) is 239 cm³/mol. The molecular weight excluding hydrogens is 701 g/mol. The first-order valence-electron chi connectivity index (χ1n) is 18.9. The molecule has 0 spiro atoms. The summed E-state index contributed by atoms with van der Waals surface area (Å²) in [6.07, 6.45) is 0. The summed E-state index contributed by atoms with van der Waals surface area (Å²) >= 11 is 1.86. The maximum atomic E-state index is 6.30. The van der Waals surface area contributed by atoms with Crippen molar-refractivity contribution in [1.82, 2.24) is 0 Å². The fraction of sp³-hybridized carbons (Fsp3) is 0. The Balaban J connectivity index is 1.17. The molecular formula is C52H34N2OS. The molecule has 56 heavy (non-hydrogen) atoms. The van der Waals surface area contributed by atoms with Gasteiger partial charge in [0.1, 0.15) is 11.2 Å². The van der Waals surface area contributed by atoms with Crippen molar-refractivity contribution >= 4 is 98.3 Å². The Labute approximate surface area is 328 Å². The third-order valence-electron chi connectivity index (χ3n) is 10.8. The summed E-state index contributed by atoms with van der Waals surface area (Å²) in [5.41, 5.74) is 10.8. The van der Waals surface area contributed by atoms with E-state index < -0.39 is 0 Å². The van der Waals surface area contributed by atoms with Crippen LogP contribution in [0.4, 0.5) is 34.1 Å². The Hall–Kier alpha value is -7.14. The number of para-hydroxylation sites is 2. The Kier molecular flexibility index (Phi) is 7.68. The molecule has 0 unspecified atom stereocenters. The molecule has 2 aromatic heterocycles. The van der Waals surface area contributed by atoms with Crippen LogP contribution in [0.15, 0.2) is 211 Å². The van der Waals surface area contributed by atoms with Gasteiger partial charge in [0.2, 0.25) is 0 Å². The molecule has 4 heteroatoms. The monoisotopic (exact) mass is 734 g/mol. The summed E-state index contributed by atoms with van der Waals surface area (Å²) in [6.45, 7) is 0. The van der Waals surface area contributed by atoms with Crippen LogP contribution in [-0.2, 0) is 0 Å². The fourth-order valence-corrected chi connectivity index (χ4v) is 9.53. The van der Waals surface area contributed by atoms with Crippen LogP contribution in [0.25, 0.3) is 64.0 Å². The largest absolute Gasteiger partial charge is 0.456 e. The normalized spacial score (nSPS) is 11.6. The summed E-state index contributed by atoms with van der Waals surface area (Å²) in [4.78, 5) is 4.85. The lowest BCUT2D eigenvalue weighted by molar-refractivity contribution is 0.669. The highest BCUT2D eigenvalue weighted by atomic mass is 32.1. The van der Waals surface area contributed by atoms with E-state index in [2.05, 4.69) is 204 Å². The first-order chi connectivity index (χ1) is 27.8. The average Bonchev–Trinajstić information content (AvgIpc) is 3.84. The number of nitrogens with zero attached hydrogens (tertiary/aromatic N) is 2. The minimum Gasteiger partial charge on any atom is -0.456 e. The quantitative estimate of drug-likeness (QED) is 0.163. The SMILES string of the molecule is c1ccc(-c2cccc(N(c3ccc4oc5ccccc5c4c3)c3cccc4sc5c(N(c6ccccc6)c6cccc7ccccc67)cccc5c34)c2)cc1. The van der Waals surface area contributed by atoms with Crippen LogP contribution in [0, 0.1) is 0 Å². The summed E-state index contributed by atoms with van der Waals surface area (Å²) in [5.74, 6) is 0. The summed E-state index contributed by atoms with van der Waals surface area (Å²) in [6, 6.07) is 73.9. The third-order valence-corrected chi connectivity index (χ3v) is 12.0. The van der Waals surface area contributed by atoms with Crippen molar-refractivity contribution in [2.24, 2.45) is 0 Å². The van der Waals surface area contributed by atoms with Gasteiger partial charge in [0, 0.05) is 48.7 Å². The number of hydrogen-bond donors (Lipinski definition) is 0. The maximum Gasteiger partial charge on any atom is 0.135 e. The number of hydrogen-bond acceptors (Lipinski definition) is 4. The number of fused-ring (bicyclic) bond motifs is 7. The molecule has 0 fully saturated rings. The van der Waals surface area contributed by atoms with Crippen LogP contribution >= 0.6 is 11.3 Å². The van der Waals surface area contributed by atoms with Crippen molar-refractivity contribution in [3.8, 4) is 11.1 Å². The van der Waals surface area contributed by atoms with Crippen LogP contribution in [-0.4, -0.2) is 0 Å². The van der Waals surface area contributed by atoms with Crippen LogP contribution in [0.2, 0.25) is 0 Å². The lowest BCUT2D eigenvalue weighted by Crippen LogP contribution is -2.11. The van der Waals surface area contributed by atoms with Crippen molar-refractivity contribution in [3.63, 3.8) is 0 Å². The highest BCUT2D eigenvalue weighted by molar-refractivity contribution is 7.26. The number of anilines is 6. The number of thiophene rings is 1. The standard InChI is InChI=1S/C52H34N2OS/c1-3-15-35(16-4-1)37-19-11-22-39(33-37)53(40-31-32-49-44(34-40)42-24-9-10-29-48(42)55-49)46-27-14-30-50-51(46)43-25-13-28-47(52(43)56-50)54(38-20-5-2-6-21-38)45-26-12-18-36-17-7-8-23-41(36)45/h1-34H. The second-order valence-electron chi connectivity index (χ2n) is 14.1. The van der Waals surface area contributed by atoms with E-state index in [9.17, 15) is 0 Å². The minimum absolute atomic E-state index is 0.881. The summed E-state index contributed by atoms with van der Waals surface area (Å²) in [7, 11) is 0. The van der Waals surface area contributed by atoms with E-state index in [-0.39, 0.29) is 0 Å². The predicted octanol–water partition coefficient (Wildman–Crippen LogP) is 15.7. The highest BCUT2D eigenvalue weighted by Gasteiger charge is 2.24.